The van der Waals surface area contributed by atoms with Crippen LogP contribution >= 0.6 is 0 Å². The van der Waals surface area contributed by atoms with E-state index in [-0.39, 0.29) is 24.7 Å². The molecule has 4 rings (SSSR count). The van der Waals surface area contributed by atoms with Gasteiger partial charge in [-0.2, -0.15) is 0 Å². The number of nitrogens with zero attached hydrogens (tertiary/aromatic N) is 1. The Hall–Kier alpha value is -4.00. The van der Waals surface area contributed by atoms with Crippen LogP contribution in [0.2, 0.25) is 0 Å². The monoisotopic (exact) mass is 403 g/mol. The molecule has 2 amide bonds. The molecule has 3 aromatic rings. The highest BCUT2D eigenvalue weighted by atomic mass is 16.5. The number of hydrogen-bond acceptors (Lipinski definition) is 6. The summed E-state index contributed by atoms with van der Waals surface area (Å²) in [6.07, 6.45) is 0. The zero-order valence-electron chi connectivity index (χ0n) is 16.1. The van der Waals surface area contributed by atoms with Crippen molar-refractivity contribution in [3.8, 4) is 11.3 Å². The van der Waals surface area contributed by atoms with Gasteiger partial charge in [0, 0.05) is 11.1 Å². The van der Waals surface area contributed by atoms with Crippen LogP contribution in [0.1, 0.15) is 48.6 Å². The third-order valence-electron chi connectivity index (χ3n) is 4.81. The van der Waals surface area contributed by atoms with Gasteiger partial charge in [-0.05, 0) is 31.2 Å². The molecule has 2 aromatic carbocycles. The van der Waals surface area contributed by atoms with Crippen LogP contribution in [-0.2, 0) is 4.74 Å². The molecular formula is C23H17NO6. The van der Waals surface area contributed by atoms with Crippen LogP contribution in [0.15, 0.2) is 65.1 Å². The summed E-state index contributed by atoms with van der Waals surface area (Å²) in [5.41, 5.74) is 1.99. The third kappa shape index (κ3) is 3.53. The van der Waals surface area contributed by atoms with Gasteiger partial charge in [-0.1, -0.05) is 36.4 Å². The van der Waals surface area contributed by atoms with Crippen molar-refractivity contribution < 1.29 is 28.3 Å². The second-order valence-corrected chi connectivity index (χ2v) is 6.74. The fraction of sp³-hybridized carbons (Fsp3) is 0.130. The zero-order valence-corrected chi connectivity index (χ0v) is 16.1. The first-order valence-corrected chi connectivity index (χ1v) is 9.29. The van der Waals surface area contributed by atoms with Crippen LogP contribution in [-0.4, -0.2) is 41.6 Å². The summed E-state index contributed by atoms with van der Waals surface area (Å²) in [5, 5.41) is 0. The molecule has 0 aliphatic carbocycles. The average Bonchev–Trinajstić information content (AvgIpc) is 3.34. The Labute approximate surface area is 171 Å². The van der Waals surface area contributed by atoms with Crippen LogP contribution in [0.4, 0.5) is 0 Å². The van der Waals surface area contributed by atoms with Crippen LogP contribution in [0.5, 0.6) is 0 Å². The number of ketones is 1. The molecule has 0 N–H and O–H groups in total. The number of fused-ring (bicyclic) bond motifs is 1. The predicted octanol–water partition coefficient (Wildman–Crippen LogP) is 3.60. The highest BCUT2D eigenvalue weighted by Crippen LogP contribution is 2.24. The van der Waals surface area contributed by atoms with E-state index in [1.54, 1.807) is 54.6 Å². The van der Waals surface area contributed by atoms with Crippen molar-refractivity contribution in [1.82, 2.24) is 4.90 Å². The van der Waals surface area contributed by atoms with E-state index in [0.29, 0.717) is 28.0 Å². The van der Waals surface area contributed by atoms with Crippen molar-refractivity contribution >= 4 is 23.6 Å². The molecule has 0 saturated heterocycles. The number of carbonyl (C=O) groups is 4. The number of amides is 2. The number of imide groups is 1. The quantitative estimate of drug-likeness (QED) is 0.355. The van der Waals surface area contributed by atoms with E-state index in [1.165, 1.54) is 13.0 Å². The van der Waals surface area contributed by atoms with Gasteiger partial charge in [0.1, 0.15) is 12.4 Å². The van der Waals surface area contributed by atoms with Crippen LogP contribution < -0.4 is 0 Å². The molecule has 7 nitrogen and oxygen atoms in total. The molecule has 30 heavy (non-hydrogen) atoms. The number of ether oxygens (including phenoxy) is 1. The Morgan fingerprint density at radius 2 is 1.53 bits per heavy atom. The molecule has 150 valence electrons. The zero-order chi connectivity index (χ0) is 21.3. The third-order valence-corrected chi connectivity index (χ3v) is 4.81. The average molecular weight is 403 g/mol. The summed E-state index contributed by atoms with van der Waals surface area (Å²) in [4.78, 5) is 49.3. The second-order valence-electron chi connectivity index (χ2n) is 6.74. The molecule has 0 bridgehead atoms. The summed E-state index contributed by atoms with van der Waals surface area (Å²) in [5.74, 6) is -1.08. The van der Waals surface area contributed by atoms with Gasteiger partial charge in [-0.15, -0.1) is 0 Å². The summed E-state index contributed by atoms with van der Waals surface area (Å²) >= 11 is 0. The summed E-state index contributed by atoms with van der Waals surface area (Å²) in [7, 11) is 0. The maximum absolute atomic E-state index is 12.3. The Bertz CT molecular complexity index is 1120. The molecular weight excluding hydrogens is 386 g/mol. The van der Waals surface area contributed by atoms with E-state index < -0.39 is 17.8 Å². The first-order valence-electron chi connectivity index (χ1n) is 9.29. The van der Waals surface area contributed by atoms with Gasteiger partial charge in [0.15, 0.2) is 5.78 Å². The standard InChI is InChI=1S/C23H17NO6/c1-14(25)15-6-8-16(9-7-15)19-10-11-20(30-19)23(28)29-13-12-24-21(26)17-4-2-3-5-18(17)22(24)27/h2-11H,12-13H2,1H3. The topological polar surface area (TPSA) is 93.9 Å². The van der Waals surface area contributed by atoms with Crippen molar-refractivity contribution in [2.75, 3.05) is 13.2 Å². The second kappa shape index (κ2) is 7.79. The van der Waals surface area contributed by atoms with E-state index in [1.807, 2.05) is 0 Å². The number of benzene rings is 2. The molecule has 1 aliphatic rings. The Kier molecular flexibility index (Phi) is 5.02. The minimum absolute atomic E-state index is 0.00278. The lowest BCUT2D eigenvalue weighted by molar-refractivity contribution is 0.0394. The Morgan fingerprint density at radius 3 is 2.13 bits per heavy atom. The lowest BCUT2D eigenvalue weighted by Gasteiger charge is -2.13. The lowest BCUT2D eigenvalue weighted by atomic mass is 10.1. The molecule has 1 aromatic heterocycles. The van der Waals surface area contributed by atoms with Gasteiger partial charge in [-0.25, -0.2) is 4.79 Å². The molecule has 7 heteroatoms. The normalized spacial score (nSPS) is 12.8. The van der Waals surface area contributed by atoms with Crippen LogP contribution in [0.3, 0.4) is 0 Å². The predicted molar refractivity (Wildman–Crippen MR) is 106 cm³/mol. The van der Waals surface area contributed by atoms with Crippen molar-refractivity contribution in [1.29, 1.82) is 0 Å². The largest absolute Gasteiger partial charge is 0.458 e. The van der Waals surface area contributed by atoms with Crippen molar-refractivity contribution in [3.05, 3.63) is 83.1 Å². The van der Waals surface area contributed by atoms with Crippen molar-refractivity contribution in [2.24, 2.45) is 0 Å². The SMILES string of the molecule is CC(=O)c1ccc(-c2ccc(C(=O)OCCN3C(=O)c4ccccc4C3=O)o2)cc1. The smallest absolute Gasteiger partial charge is 0.374 e. The minimum Gasteiger partial charge on any atom is -0.458 e. The van der Waals surface area contributed by atoms with Crippen LogP contribution in [0.25, 0.3) is 11.3 Å². The number of carbonyl (C=O) groups excluding carboxylic acids is 4. The molecule has 0 saturated carbocycles. The van der Waals surface area contributed by atoms with E-state index in [2.05, 4.69) is 0 Å². The minimum atomic E-state index is -0.696. The first-order chi connectivity index (χ1) is 14.5. The molecule has 0 unspecified atom stereocenters. The van der Waals surface area contributed by atoms with Gasteiger partial charge < -0.3 is 9.15 Å². The number of rotatable bonds is 6. The Morgan fingerprint density at radius 1 is 0.900 bits per heavy atom. The van der Waals surface area contributed by atoms with E-state index >= 15 is 0 Å². The lowest BCUT2D eigenvalue weighted by Crippen LogP contribution is -2.33. The number of hydrogen-bond donors (Lipinski definition) is 0. The molecule has 0 spiro atoms. The van der Waals surface area contributed by atoms with E-state index in [4.69, 9.17) is 9.15 Å². The molecule has 2 heterocycles. The molecule has 0 radical (unpaired) electrons. The fourth-order valence-electron chi connectivity index (χ4n) is 3.21. The summed E-state index contributed by atoms with van der Waals surface area (Å²) < 4.78 is 10.7. The van der Waals surface area contributed by atoms with Gasteiger partial charge in [-0.3, -0.25) is 19.3 Å². The highest BCUT2D eigenvalue weighted by Gasteiger charge is 2.34. The number of furan rings is 1. The first kappa shape index (κ1) is 19.3. The van der Waals surface area contributed by atoms with Crippen molar-refractivity contribution in [3.63, 3.8) is 0 Å². The van der Waals surface area contributed by atoms with Gasteiger partial charge in [0.25, 0.3) is 11.8 Å². The fourth-order valence-corrected chi connectivity index (χ4v) is 3.21. The number of esters is 1. The highest BCUT2D eigenvalue weighted by molar-refractivity contribution is 6.21. The Balaban J connectivity index is 1.36. The molecule has 0 fully saturated rings. The van der Waals surface area contributed by atoms with Gasteiger partial charge in [0.2, 0.25) is 5.76 Å². The van der Waals surface area contributed by atoms with Gasteiger partial charge in [0.05, 0.1) is 17.7 Å². The van der Waals surface area contributed by atoms with Crippen LogP contribution in [0, 0.1) is 0 Å². The van der Waals surface area contributed by atoms with E-state index in [0.717, 1.165) is 4.90 Å². The summed E-state index contributed by atoms with van der Waals surface area (Å²) in [6, 6.07) is 16.5. The number of Topliss-reactive ketones (excluding diaryl/α,β-unsaturated/α-hetero) is 1. The molecule has 0 atom stereocenters. The maximum Gasteiger partial charge on any atom is 0.374 e. The maximum atomic E-state index is 12.3. The summed E-state index contributed by atoms with van der Waals surface area (Å²) in [6.45, 7) is 1.30. The molecule has 1 aliphatic heterocycles. The van der Waals surface area contributed by atoms with E-state index in [9.17, 15) is 19.2 Å². The van der Waals surface area contributed by atoms with Gasteiger partial charge >= 0.3 is 5.97 Å². The van der Waals surface area contributed by atoms with Crippen molar-refractivity contribution in [2.45, 2.75) is 6.92 Å².